The molecule has 4 aromatic rings. The van der Waals surface area contributed by atoms with E-state index in [4.69, 9.17) is 24.6 Å². The molecule has 0 aliphatic carbocycles. The lowest BCUT2D eigenvalue weighted by Gasteiger charge is -2.13. The molecule has 2 aromatic heterocycles. The number of carboxylic acids is 1. The van der Waals surface area contributed by atoms with Crippen molar-refractivity contribution >= 4 is 34.6 Å². The van der Waals surface area contributed by atoms with Gasteiger partial charge in [0.15, 0.2) is 0 Å². The Labute approximate surface area is 258 Å². The third-order valence-electron chi connectivity index (χ3n) is 7.05. The quantitative estimate of drug-likeness (QED) is 0.0952. The van der Waals surface area contributed by atoms with Gasteiger partial charge >= 0.3 is 5.97 Å². The molecule has 15 nitrogen and oxygen atoms in total. The predicted octanol–water partition coefficient (Wildman–Crippen LogP) is 4.22. The highest BCUT2D eigenvalue weighted by Crippen LogP contribution is 2.34. The van der Waals surface area contributed by atoms with Crippen LogP contribution in [0.4, 0.5) is 22.7 Å². The second kappa shape index (κ2) is 14.4. The summed E-state index contributed by atoms with van der Waals surface area (Å²) in [5.41, 5.74) is 12.0. The molecule has 238 valence electrons. The summed E-state index contributed by atoms with van der Waals surface area (Å²) in [5.74, 6) is 0.151. The third kappa shape index (κ3) is 8.14. The zero-order valence-electron chi connectivity index (χ0n) is 25.3. The monoisotopic (exact) mass is 621 g/mol. The number of amides is 1. The number of nitrogens with two attached hydrogens (primary N) is 1. The average molecular weight is 622 g/mol. The topological polar surface area (TPSA) is 221 Å². The summed E-state index contributed by atoms with van der Waals surface area (Å²) >= 11 is 0. The van der Waals surface area contributed by atoms with Crippen LogP contribution in [0.3, 0.4) is 0 Å². The molecule has 1 amide bonds. The molecule has 1 unspecified atom stereocenters. The van der Waals surface area contributed by atoms with Crippen molar-refractivity contribution in [3.05, 3.63) is 69.4 Å². The zero-order chi connectivity index (χ0) is 32.7. The van der Waals surface area contributed by atoms with Gasteiger partial charge in [0, 0.05) is 23.8 Å². The minimum absolute atomic E-state index is 0.0697. The molecule has 3 heterocycles. The van der Waals surface area contributed by atoms with Gasteiger partial charge in [0.05, 0.1) is 46.9 Å². The fourth-order valence-corrected chi connectivity index (χ4v) is 4.93. The number of ether oxygens (including phenoxy) is 1. The Bertz CT molecular complexity index is 1650. The van der Waals surface area contributed by atoms with Gasteiger partial charge in [-0.05, 0) is 63.4 Å². The highest BCUT2D eigenvalue weighted by molar-refractivity contribution is 5.84. The first-order valence-corrected chi connectivity index (χ1v) is 14.1. The Morgan fingerprint density at radius 1 is 0.956 bits per heavy atom. The van der Waals surface area contributed by atoms with Crippen LogP contribution in [0.25, 0.3) is 22.3 Å². The Morgan fingerprint density at radius 2 is 1.53 bits per heavy atom. The number of rotatable bonds is 10. The smallest absolute Gasteiger partial charge is 0.322 e. The summed E-state index contributed by atoms with van der Waals surface area (Å²) in [5, 5.41) is 36.1. The standard InChI is InChI=1S/C17H22N4O3.C13H13N3O5/c1-10-17(11(2)24-21-10)12-3-4-15(14(18)7-12)19-8-16(22)20-13-5-6-23-9-13;1-7-13(8(2)21-15-7)9-3-4-10(14-6-12(17)18)11(5-9)16(19)20/h3-4,7,13,19H,5-6,8-9,18H2,1-2H3,(H,20,22);3-5,14H,6H2,1-2H3,(H,17,18). The van der Waals surface area contributed by atoms with Crippen molar-refractivity contribution < 1.29 is 33.4 Å². The number of carbonyl (C=O) groups excluding carboxylic acids is 1. The molecule has 0 bridgehead atoms. The number of nitro benzene ring substituents is 1. The molecule has 5 rings (SSSR count). The van der Waals surface area contributed by atoms with Crippen LogP contribution < -0.4 is 21.7 Å². The first-order valence-electron chi connectivity index (χ1n) is 14.1. The summed E-state index contributed by atoms with van der Waals surface area (Å²) in [6, 6.07) is 10.3. The summed E-state index contributed by atoms with van der Waals surface area (Å²) in [4.78, 5) is 33.1. The zero-order valence-corrected chi connectivity index (χ0v) is 25.3. The molecule has 2 aromatic carbocycles. The number of carbonyl (C=O) groups is 2. The van der Waals surface area contributed by atoms with Gasteiger partial charge in [0.25, 0.3) is 5.69 Å². The lowest BCUT2D eigenvalue weighted by atomic mass is 10.0. The van der Waals surface area contributed by atoms with E-state index in [-0.39, 0.29) is 29.9 Å². The van der Waals surface area contributed by atoms with Crippen molar-refractivity contribution in [3.63, 3.8) is 0 Å². The molecule has 1 aliphatic heterocycles. The van der Waals surface area contributed by atoms with E-state index in [1.165, 1.54) is 12.1 Å². The summed E-state index contributed by atoms with van der Waals surface area (Å²) < 4.78 is 15.5. The maximum Gasteiger partial charge on any atom is 0.322 e. The lowest BCUT2D eigenvalue weighted by Crippen LogP contribution is -2.38. The molecule has 15 heteroatoms. The number of aromatic nitrogens is 2. The van der Waals surface area contributed by atoms with Crippen molar-refractivity contribution in [3.8, 4) is 22.3 Å². The number of nitrogens with one attached hydrogen (secondary N) is 3. The Morgan fingerprint density at radius 3 is 2.02 bits per heavy atom. The van der Waals surface area contributed by atoms with Gasteiger partial charge in [-0.25, -0.2) is 0 Å². The third-order valence-corrected chi connectivity index (χ3v) is 7.05. The highest BCUT2D eigenvalue weighted by Gasteiger charge is 2.20. The number of hydrogen-bond donors (Lipinski definition) is 5. The van der Waals surface area contributed by atoms with E-state index in [0.29, 0.717) is 41.5 Å². The number of hydrogen-bond acceptors (Lipinski definition) is 12. The van der Waals surface area contributed by atoms with Crippen LogP contribution in [0.1, 0.15) is 29.3 Å². The molecule has 6 N–H and O–H groups in total. The minimum atomic E-state index is -1.10. The SMILES string of the molecule is Cc1noc(C)c1-c1ccc(NCC(=O)NC2CCOC2)c(N)c1.Cc1noc(C)c1-c1ccc(NCC(=O)O)c([N+](=O)[O-])c1. The van der Waals surface area contributed by atoms with Gasteiger partial charge in [0.2, 0.25) is 5.91 Å². The number of aryl methyl sites for hydroxylation is 4. The van der Waals surface area contributed by atoms with Crippen molar-refractivity contribution in [2.24, 2.45) is 0 Å². The largest absolute Gasteiger partial charge is 0.480 e. The number of nitro groups is 1. The van der Waals surface area contributed by atoms with Gasteiger partial charge in [-0.1, -0.05) is 22.4 Å². The Balaban J connectivity index is 0.000000207. The van der Waals surface area contributed by atoms with E-state index in [0.717, 1.165) is 34.7 Å². The van der Waals surface area contributed by atoms with E-state index in [2.05, 4.69) is 26.3 Å². The molecule has 45 heavy (non-hydrogen) atoms. The number of benzene rings is 2. The second-order valence-electron chi connectivity index (χ2n) is 10.4. The van der Waals surface area contributed by atoms with E-state index >= 15 is 0 Å². The first-order chi connectivity index (χ1) is 21.4. The van der Waals surface area contributed by atoms with E-state index in [1.54, 1.807) is 19.9 Å². The number of anilines is 3. The number of nitrogen functional groups attached to an aromatic ring is 1. The van der Waals surface area contributed by atoms with Crippen LogP contribution in [-0.4, -0.2) is 64.6 Å². The van der Waals surface area contributed by atoms with Gasteiger partial charge in [0.1, 0.15) is 23.8 Å². The maximum atomic E-state index is 11.9. The summed E-state index contributed by atoms with van der Waals surface area (Å²) in [6.07, 6.45) is 0.861. The van der Waals surface area contributed by atoms with Crippen LogP contribution in [-0.2, 0) is 14.3 Å². The van der Waals surface area contributed by atoms with Crippen molar-refractivity contribution in [2.75, 3.05) is 42.7 Å². The first kappa shape index (κ1) is 32.5. The number of carboxylic acid groups (broad SMARTS) is 1. The molecule has 1 aliphatic rings. The van der Waals surface area contributed by atoms with E-state index in [1.807, 2.05) is 32.0 Å². The van der Waals surface area contributed by atoms with Crippen LogP contribution in [0.2, 0.25) is 0 Å². The van der Waals surface area contributed by atoms with Gasteiger partial charge in [-0.15, -0.1) is 0 Å². The minimum Gasteiger partial charge on any atom is -0.480 e. The lowest BCUT2D eigenvalue weighted by molar-refractivity contribution is -0.383. The molecular weight excluding hydrogens is 586 g/mol. The molecule has 0 radical (unpaired) electrons. The fraction of sp³-hybridized carbons (Fsp3) is 0.333. The van der Waals surface area contributed by atoms with E-state index < -0.39 is 17.4 Å². The number of aliphatic carboxylic acids is 1. The van der Waals surface area contributed by atoms with Gasteiger partial charge in [-0.3, -0.25) is 19.7 Å². The maximum absolute atomic E-state index is 11.9. The molecule has 0 saturated carbocycles. The highest BCUT2D eigenvalue weighted by atomic mass is 16.6. The average Bonchev–Trinajstić information content (AvgIpc) is 3.72. The molecule has 1 saturated heterocycles. The fourth-order valence-electron chi connectivity index (χ4n) is 4.93. The summed E-state index contributed by atoms with van der Waals surface area (Å²) in [6.45, 7) is 8.29. The van der Waals surface area contributed by atoms with Crippen molar-refractivity contribution in [2.45, 2.75) is 40.2 Å². The second-order valence-corrected chi connectivity index (χ2v) is 10.4. The molecule has 1 fully saturated rings. The van der Waals surface area contributed by atoms with Gasteiger partial charge < -0.3 is 40.6 Å². The van der Waals surface area contributed by atoms with Crippen LogP contribution in [0.5, 0.6) is 0 Å². The normalized spacial score (nSPS) is 13.9. The number of nitrogens with zero attached hydrogens (tertiary/aromatic N) is 3. The Hall–Kier alpha value is -5.44. The molecular formula is C30H35N7O8. The van der Waals surface area contributed by atoms with Crippen LogP contribution in [0, 0.1) is 37.8 Å². The predicted molar refractivity (Wildman–Crippen MR) is 166 cm³/mol. The van der Waals surface area contributed by atoms with Crippen molar-refractivity contribution in [1.82, 2.24) is 15.6 Å². The molecule has 0 spiro atoms. The van der Waals surface area contributed by atoms with Crippen LogP contribution >= 0.6 is 0 Å². The summed E-state index contributed by atoms with van der Waals surface area (Å²) in [7, 11) is 0. The Kier molecular flexibility index (Phi) is 10.4. The van der Waals surface area contributed by atoms with Gasteiger partial charge in [-0.2, -0.15) is 0 Å². The van der Waals surface area contributed by atoms with E-state index in [9.17, 15) is 19.7 Å². The van der Waals surface area contributed by atoms with Crippen molar-refractivity contribution in [1.29, 1.82) is 0 Å². The van der Waals surface area contributed by atoms with Crippen LogP contribution in [0.15, 0.2) is 45.4 Å². The molecule has 1 atom stereocenters.